The lowest BCUT2D eigenvalue weighted by atomic mass is 10.1. The van der Waals surface area contributed by atoms with Gasteiger partial charge in [-0.25, -0.2) is 9.67 Å². The molecule has 1 aliphatic carbocycles. The molecular formula is C28H26ClN5O2. The van der Waals surface area contributed by atoms with Crippen LogP contribution in [0.25, 0.3) is 22.3 Å². The van der Waals surface area contributed by atoms with E-state index in [-0.39, 0.29) is 17.7 Å². The number of piperazine rings is 1. The highest BCUT2D eigenvalue weighted by molar-refractivity contribution is 6.30. The smallest absolute Gasteiger partial charge is 0.254 e. The quantitative estimate of drug-likeness (QED) is 0.405. The molecule has 182 valence electrons. The van der Waals surface area contributed by atoms with Gasteiger partial charge in [0.25, 0.3) is 5.91 Å². The van der Waals surface area contributed by atoms with E-state index in [0.29, 0.717) is 49.0 Å². The van der Waals surface area contributed by atoms with Crippen LogP contribution in [0.15, 0.2) is 66.9 Å². The van der Waals surface area contributed by atoms with E-state index in [1.165, 1.54) is 0 Å². The van der Waals surface area contributed by atoms with Crippen LogP contribution >= 0.6 is 11.6 Å². The molecule has 2 amide bonds. The van der Waals surface area contributed by atoms with E-state index in [9.17, 15) is 9.59 Å². The number of aromatic nitrogens is 3. The summed E-state index contributed by atoms with van der Waals surface area (Å²) in [6.07, 6.45) is 3.72. The van der Waals surface area contributed by atoms with E-state index in [1.807, 2.05) is 75.1 Å². The highest BCUT2D eigenvalue weighted by Crippen LogP contribution is 2.32. The topological polar surface area (TPSA) is 71.3 Å². The Morgan fingerprint density at radius 3 is 2.31 bits per heavy atom. The highest BCUT2D eigenvalue weighted by Gasteiger charge is 2.35. The summed E-state index contributed by atoms with van der Waals surface area (Å²) in [7, 11) is 0. The van der Waals surface area contributed by atoms with Gasteiger partial charge in [-0.1, -0.05) is 54.1 Å². The number of amides is 2. The minimum atomic E-state index is -0.0517. The highest BCUT2D eigenvalue weighted by atomic mass is 35.5. The van der Waals surface area contributed by atoms with E-state index < -0.39 is 0 Å². The van der Waals surface area contributed by atoms with Crippen molar-refractivity contribution in [1.29, 1.82) is 0 Å². The lowest BCUT2D eigenvalue weighted by molar-refractivity contribution is -0.134. The lowest BCUT2D eigenvalue weighted by Gasteiger charge is -2.35. The van der Waals surface area contributed by atoms with Crippen molar-refractivity contribution in [2.75, 3.05) is 26.2 Å². The molecule has 0 radical (unpaired) electrons. The average molecular weight is 500 g/mol. The summed E-state index contributed by atoms with van der Waals surface area (Å²) in [6, 6.07) is 19.4. The van der Waals surface area contributed by atoms with Gasteiger partial charge in [-0.2, -0.15) is 5.10 Å². The molecule has 0 N–H and O–H groups in total. The van der Waals surface area contributed by atoms with E-state index in [0.717, 1.165) is 35.0 Å². The summed E-state index contributed by atoms with van der Waals surface area (Å²) in [5.74, 6) is 0.388. The van der Waals surface area contributed by atoms with Crippen LogP contribution in [0.3, 0.4) is 0 Å². The summed E-state index contributed by atoms with van der Waals surface area (Å²) in [6.45, 7) is 2.73. The van der Waals surface area contributed by atoms with Gasteiger partial charge in [0.1, 0.15) is 0 Å². The molecule has 0 atom stereocenters. The van der Waals surface area contributed by atoms with Crippen molar-refractivity contribution < 1.29 is 9.59 Å². The summed E-state index contributed by atoms with van der Waals surface area (Å²) >= 11 is 6.05. The van der Waals surface area contributed by atoms with Gasteiger partial charge in [-0.05, 0) is 36.6 Å². The fourth-order valence-corrected chi connectivity index (χ4v) is 4.87. The van der Waals surface area contributed by atoms with Crippen LogP contribution in [-0.4, -0.2) is 62.6 Å². The predicted octanol–water partition coefficient (Wildman–Crippen LogP) is 4.49. The minimum Gasteiger partial charge on any atom is -0.339 e. The van der Waals surface area contributed by atoms with E-state index in [2.05, 4.69) is 5.10 Å². The third-order valence-electron chi connectivity index (χ3n) is 6.96. The summed E-state index contributed by atoms with van der Waals surface area (Å²) < 4.78 is 1.83. The SMILES string of the molecule is O=C(c1cc(-c2ccccc2)nc2c1cnn2Cc1ccc(Cl)cc1)N1CCN(C(=O)C2CC2)CC1. The summed E-state index contributed by atoms with van der Waals surface area (Å²) in [5.41, 5.74) is 3.96. The van der Waals surface area contributed by atoms with Gasteiger partial charge in [-0.15, -0.1) is 0 Å². The van der Waals surface area contributed by atoms with Gasteiger partial charge in [0.2, 0.25) is 5.91 Å². The zero-order chi connectivity index (χ0) is 24.6. The van der Waals surface area contributed by atoms with E-state index in [4.69, 9.17) is 16.6 Å². The molecule has 36 heavy (non-hydrogen) atoms. The van der Waals surface area contributed by atoms with Gasteiger partial charge in [0.05, 0.1) is 29.4 Å². The fraction of sp³-hybridized carbons (Fsp3) is 0.286. The Labute approximate surface area is 214 Å². The third-order valence-corrected chi connectivity index (χ3v) is 7.21. The Kier molecular flexibility index (Phi) is 5.93. The Hall–Kier alpha value is -3.71. The second-order valence-corrected chi connectivity index (χ2v) is 9.92. The van der Waals surface area contributed by atoms with Crippen LogP contribution in [0.2, 0.25) is 5.02 Å². The molecule has 0 bridgehead atoms. The molecular weight excluding hydrogens is 474 g/mol. The van der Waals surface area contributed by atoms with Crippen molar-refractivity contribution in [2.45, 2.75) is 19.4 Å². The Morgan fingerprint density at radius 2 is 1.61 bits per heavy atom. The molecule has 4 aromatic rings. The van der Waals surface area contributed by atoms with Crippen molar-refractivity contribution >= 4 is 34.4 Å². The van der Waals surface area contributed by atoms with E-state index >= 15 is 0 Å². The number of carbonyl (C=O) groups is 2. The van der Waals surface area contributed by atoms with Crippen molar-refractivity contribution in [3.63, 3.8) is 0 Å². The number of hydrogen-bond donors (Lipinski definition) is 0. The lowest BCUT2D eigenvalue weighted by Crippen LogP contribution is -2.51. The molecule has 2 aromatic carbocycles. The van der Waals surface area contributed by atoms with Crippen molar-refractivity contribution in [3.8, 4) is 11.3 Å². The molecule has 1 saturated heterocycles. The zero-order valence-corrected chi connectivity index (χ0v) is 20.6. The number of hydrogen-bond acceptors (Lipinski definition) is 4. The first-order chi connectivity index (χ1) is 17.6. The van der Waals surface area contributed by atoms with Crippen molar-refractivity contribution in [2.24, 2.45) is 5.92 Å². The number of pyridine rings is 1. The number of halogens is 1. The average Bonchev–Trinajstić information content (AvgIpc) is 3.70. The second kappa shape index (κ2) is 9.39. The molecule has 0 unspecified atom stereocenters. The maximum absolute atomic E-state index is 13.8. The van der Waals surface area contributed by atoms with Crippen LogP contribution in [0, 0.1) is 5.92 Å². The molecule has 7 nitrogen and oxygen atoms in total. The molecule has 3 heterocycles. The Balaban J connectivity index is 1.34. The van der Waals surface area contributed by atoms with Crippen LogP contribution < -0.4 is 0 Å². The number of nitrogens with zero attached hydrogens (tertiary/aromatic N) is 5. The predicted molar refractivity (Wildman–Crippen MR) is 139 cm³/mol. The molecule has 1 saturated carbocycles. The minimum absolute atomic E-state index is 0.0517. The van der Waals surface area contributed by atoms with Gasteiger partial charge in [0.15, 0.2) is 5.65 Å². The number of fused-ring (bicyclic) bond motifs is 1. The van der Waals surface area contributed by atoms with Crippen LogP contribution in [-0.2, 0) is 11.3 Å². The summed E-state index contributed by atoms with van der Waals surface area (Å²) in [5, 5.41) is 6.00. The Bertz CT molecular complexity index is 1420. The van der Waals surface area contributed by atoms with Gasteiger partial charge in [0, 0.05) is 42.7 Å². The second-order valence-electron chi connectivity index (χ2n) is 9.48. The fourth-order valence-electron chi connectivity index (χ4n) is 4.75. The first-order valence-corrected chi connectivity index (χ1v) is 12.7. The Morgan fingerprint density at radius 1 is 0.917 bits per heavy atom. The van der Waals surface area contributed by atoms with Crippen molar-refractivity contribution in [1.82, 2.24) is 24.6 Å². The number of carbonyl (C=O) groups excluding carboxylic acids is 2. The monoisotopic (exact) mass is 499 g/mol. The van der Waals surface area contributed by atoms with Gasteiger partial charge < -0.3 is 9.80 Å². The van der Waals surface area contributed by atoms with Gasteiger partial charge in [-0.3, -0.25) is 9.59 Å². The molecule has 2 aromatic heterocycles. The van der Waals surface area contributed by atoms with Crippen molar-refractivity contribution in [3.05, 3.63) is 83.0 Å². The first kappa shape index (κ1) is 22.7. The van der Waals surface area contributed by atoms with Crippen LogP contribution in [0.4, 0.5) is 0 Å². The molecule has 6 rings (SSSR count). The van der Waals surface area contributed by atoms with Gasteiger partial charge >= 0.3 is 0 Å². The molecule has 2 aliphatic rings. The number of benzene rings is 2. The largest absolute Gasteiger partial charge is 0.339 e. The molecule has 0 spiro atoms. The van der Waals surface area contributed by atoms with Crippen LogP contribution in [0.1, 0.15) is 28.8 Å². The summed E-state index contributed by atoms with van der Waals surface area (Å²) in [4.78, 5) is 34.9. The maximum Gasteiger partial charge on any atom is 0.254 e. The molecule has 8 heteroatoms. The molecule has 2 fully saturated rings. The number of rotatable bonds is 5. The molecule has 1 aliphatic heterocycles. The van der Waals surface area contributed by atoms with Crippen LogP contribution in [0.5, 0.6) is 0 Å². The third kappa shape index (κ3) is 4.46. The maximum atomic E-state index is 13.8. The standard InChI is InChI=1S/C28H26ClN5O2/c29-22-10-6-19(7-11-22)18-34-26-24(17-30-34)23(16-25(31-26)20-4-2-1-3-5-20)28(36)33-14-12-32(13-15-33)27(35)21-8-9-21/h1-7,10-11,16-17,21H,8-9,12-15,18H2. The first-order valence-electron chi connectivity index (χ1n) is 12.3. The normalized spacial score (nSPS) is 15.9. The zero-order valence-electron chi connectivity index (χ0n) is 19.8. The van der Waals surface area contributed by atoms with E-state index in [1.54, 1.807) is 6.20 Å².